The first-order valence-electron chi connectivity index (χ1n) is 8.12. The van der Waals surface area contributed by atoms with Crippen LogP contribution in [-0.2, 0) is 6.54 Å². The zero-order valence-corrected chi connectivity index (χ0v) is 13.8. The minimum absolute atomic E-state index is 0.122. The topological polar surface area (TPSA) is 104 Å². The number of aromatic amines is 2. The molecule has 0 amide bonds. The van der Waals surface area contributed by atoms with Crippen LogP contribution in [0.4, 0.5) is 0 Å². The van der Waals surface area contributed by atoms with Gasteiger partial charge in [0.1, 0.15) is 5.52 Å². The number of rotatable bonds is 5. The molecule has 3 heterocycles. The van der Waals surface area contributed by atoms with Crippen LogP contribution in [0, 0.1) is 0 Å². The van der Waals surface area contributed by atoms with E-state index in [4.69, 9.17) is 0 Å². The van der Waals surface area contributed by atoms with Gasteiger partial charge in [0.15, 0.2) is 0 Å². The van der Waals surface area contributed by atoms with Crippen molar-refractivity contribution in [1.29, 1.82) is 0 Å². The number of nitrogens with one attached hydrogen (secondary N) is 2. The smallest absolute Gasteiger partial charge is 0.335 e. The Morgan fingerprint density at radius 1 is 1.31 bits per heavy atom. The van der Waals surface area contributed by atoms with E-state index in [9.17, 15) is 14.7 Å². The number of pyridine rings is 1. The van der Waals surface area contributed by atoms with Crippen molar-refractivity contribution in [1.82, 2.24) is 19.5 Å². The van der Waals surface area contributed by atoms with Gasteiger partial charge in [0, 0.05) is 35.5 Å². The first kappa shape index (κ1) is 15.9. The second-order valence-corrected chi connectivity index (χ2v) is 6.01. The van der Waals surface area contributed by atoms with Crippen molar-refractivity contribution < 1.29 is 9.90 Å². The van der Waals surface area contributed by atoms with E-state index in [1.165, 1.54) is 6.33 Å². The van der Waals surface area contributed by atoms with E-state index in [0.717, 1.165) is 10.9 Å². The molecule has 4 rings (SSSR count). The van der Waals surface area contributed by atoms with Crippen LogP contribution in [0.3, 0.4) is 0 Å². The van der Waals surface area contributed by atoms with Crippen LogP contribution in [0.2, 0.25) is 0 Å². The van der Waals surface area contributed by atoms with Crippen molar-refractivity contribution in [2.45, 2.75) is 13.0 Å². The van der Waals surface area contributed by atoms with Gasteiger partial charge in [-0.1, -0.05) is 6.08 Å². The number of aromatic nitrogens is 4. The number of hydrogen-bond acceptors (Lipinski definition) is 3. The first-order chi connectivity index (χ1) is 12.6. The fraction of sp³-hybridized carbons (Fsp3) is 0.105. The maximum absolute atomic E-state index is 12.6. The number of aryl methyl sites for hydroxylation is 1. The summed E-state index contributed by atoms with van der Waals surface area (Å²) in [6, 6.07) is 4.96. The highest BCUT2D eigenvalue weighted by molar-refractivity contribution is 6.05. The predicted octanol–water partition coefficient (Wildman–Crippen LogP) is 3.15. The number of nitrogens with zero attached hydrogens (tertiary/aromatic N) is 2. The second kappa shape index (κ2) is 6.03. The average molecular weight is 348 g/mol. The third kappa shape index (κ3) is 2.41. The van der Waals surface area contributed by atoms with Gasteiger partial charge >= 0.3 is 5.97 Å². The third-order valence-electron chi connectivity index (χ3n) is 4.43. The second-order valence-electron chi connectivity index (χ2n) is 6.01. The van der Waals surface area contributed by atoms with Gasteiger partial charge in [-0.25, -0.2) is 9.78 Å². The number of benzene rings is 1. The Morgan fingerprint density at radius 2 is 2.15 bits per heavy atom. The molecule has 0 aliphatic heterocycles. The molecule has 0 saturated carbocycles. The average Bonchev–Trinajstić information content (AvgIpc) is 3.29. The normalized spacial score (nSPS) is 11.2. The number of H-pyrrole nitrogens is 2. The number of hydrogen-bond donors (Lipinski definition) is 3. The van der Waals surface area contributed by atoms with E-state index in [0.29, 0.717) is 35.1 Å². The van der Waals surface area contributed by atoms with Gasteiger partial charge in [0.2, 0.25) is 0 Å². The Kier molecular flexibility index (Phi) is 3.69. The maximum atomic E-state index is 12.6. The molecule has 0 bridgehead atoms. The molecule has 0 aliphatic rings. The van der Waals surface area contributed by atoms with Crippen molar-refractivity contribution in [3.05, 3.63) is 65.5 Å². The minimum atomic E-state index is -1.02. The number of carbonyl (C=O) groups is 1. The maximum Gasteiger partial charge on any atom is 0.335 e. The molecule has 0 unspecified atom stereocenters. The van der Waals surface area contributed by atoms with Gasteiger partial charge in [-0.2, -0.15) is 0 Å². The van der Waals surface area contributed by atoms with Crippen molar-refractivity contribution in [2.24, 2.45) is 0 Å². The van der Waals surface area contributed by atoms with Crippen molar-refractivity contribution in [2.75, 3.05) is 0 Å². The van der Waals surface area contributed by atoms with Gasteiger partial charge in [0.05, 0.1) is 22.9 Å². The summed E-state index contributed by atoms with van der Waals surface area (Å²) in [7, 11) is 0. The van der Waals surface area contributed by atoms with E-state index in [2.05, 4.69) is 21.5 Å². The van der Waals surface area contributed by atoms with Gasteiger partial charge in [-0.15, -0.1) is 6.58 Å². The highest BCUT2D eigenvalue weighted by Crippen LogP contribution is 2.32. The summed E-state index contributed by atoms with van der Waals surface area (Å²) in [5, 5.41) is 10.2. The number of carboxylic acids is 1. The molecule has 0 aliphatic carbocycles. The van der Waals surface area contributed by atoms with Crippen LogP contribution < -0.4 is 5.56 Å². The Bertz CT molecular complexity index is 1210. The Hall–Kier alpha value is -3.61. The largest absolute Gasteiger partial charge is 0.478 e. The lowest BCUT2D eigenvalue weighted by atomic mass is 9.99. The number of fused-ring (bicyclic) bond motifs is 2. The molecule has 3 N–H and O–H groups in total. The summed E-state index contributed by atoms with van der Waals surface area (Å²) in [5.41, 5.74) is 3.23. The molecule has 0 radical (unpaired) electrons. The van der Waals surface area contributed by atoms with Crippen LogP contribution in [0.15, 0.2) is 54.4 Å². The van der Waals surface area contributed by atoms with Crippen LogP contribution in [0.25, 0.3) is 33.1 Å². The van der Waals surface area contributed by atoms with Gasteiger partial charge < -0.3 is 19.6 Å². The molecule has 0 fully saturated rings. The van der Waals surface area contributed by atoms with Crippen LogP contribution in [0.1, 0.15) is 16.8 Å². The zero-order valence-electron chi connectivity index (χ0n) is 13.8. The third-order valence-corrected chi connectivity index (χ3v) is 4.43. The lowest BCUT2D eigenvalue weighted by molar-refractivity contribution is 0.0697. The fourth-order valence-electron chi connectivity index (χ4n) is 3.19. The van der Waals surface area contributed by atoms with Crippen LogP contribution in [-0.4, -0.2) is 30.6 Å². The molecule has 1 aromatic carbocycles. The molecule has 0 atom stereocenters. The highest BCUT2D eigenvalue weighted by atomic mass is 16.4. The van der Waals surface area contributed by atoms with Gasteiger partial charge in [0.25, 0.3) is 5.56 Å². The van der Waals surface area contributed by atoms with E-state index in [1.807, 2.05) is 6.07 Å². The summed E-state index contributed by atoms with van der Waals surface area (Å²) in [5.74, 6) is -1.02. The van der Waals surface area contributed by atoms with Gasteiger partial charge in [-0.05, 0) is 24.6 Å². The summed E-state index contributed by atoms with van der Waals surface area (Å²) < 4.78 is 1.61. The monoisotopic (exact) mass is 348 g/mol. The molecule has 3 aromatic heterocycles. The molecule has 7 nitrogen and oxygen atoms in total. The molecular weight excluding hydrogens is 332 g/mol. The summed E-state index contributed by atoms with van der Waals surface area (Å²) >= 11 is 0. The summed E-state index contributed by atoms with van der Waals surface area (Å²) in [6.07, 6.45) is 7.40. The van der Waals surface area contributed by atoms with Crippen LogP contribution >= 0.6 is 0 Å². The Labute approximate surface area is 147 Å². The summed E-state index contributed by atoms with van der Waals surface area (Å²) in [4.78, 5) is 34.5. The number of imidazole rings is 1. The predicted molar refractivity (Wildman–Crippen MR) is 99.4 cm³/mol. The standard InChI is InChI=1S/C19H16N4O3/c1-2-3-6-23-9-14(12-4-5-20-17(12)18(23)24)13-7-11(19(25)26)8-15-16(13)22-10-21-15/h2,4-5,7-10,20H,1,3,6H2,(H,21,22)(H,25,26). The van der Waals surface area contributed by atoms with E-state index in [-0.39, 0.29) is 11.1 Å². The fourth-order valence-corrected chi connectivity index (χ4v) is 3.19. The number of carboxylic acid groups (broad SMARTS) is 1. The molecule has 0 spiro atoms. The first-order valence-corrected chi connectivity index (χ1v) is 8.12. The van der Waals surface area contributed by atoms with E-state index in [1.54, 1.807) is 35.2 Å². The number of allylic oxidation sites excluding steroid dienone is 1. The van der Waals surface area contributed by atoms with Gasteiger partial charge in [-0.3, -0.25) is 4.79 Å². The zero-order chi connectivity index (χ0) is 18.3. The Balaban J connectivity index is 2.07. The van der Waals surface area contributed by atoms with Crippen molar-refractivity contribution in [3.63, 3.8) is 0 Å². The molecule has 4 aromatic rings. The SMILES string of the molecule is C=CCCn1cc(-c2cc(C(=O)O)cc3[nH]cnc23)c2cc[nH]c2c1=O. The molecular formula is C19H16N4O3. The minimum Gasteiger partial charge on any atom is -0.478 e. The lowest BCUT2D eigenvalue weighted by Gasteiger charge is -2.11. The lowest BCUT2D eigenvalue weighted by Crippen LogP contribution is -2.20. The molecule has 26 heavy (non-hydrogen) atoms. The van der Waals surface area contributed by atoms with E-state index >= 15 is 0 Å². The molecule has 130 valence electrons. The van der Waals surface area contributed by atoms with Crippen LogP contribution in [0.5, 0.6) is 0 Å². The molecule has 0 saturated heterocycles. The van der Waals surface area contributed by atoms with Crippen molar-refractivity contribution >= 4 is 27.9 Å². The number of aromatic carboxylic acids is 1. The molecule has 7 heteroatoms. The quantitative estimate of drug-likeness (QED) is 0.482. The van der Waals surface area contributed by atoms with E-state index < -0.39 is 5.97 Å². The highest BCUT2D eigenvalue weighted by Gasteiger charge is 2.17. The summed E-state index contributed by atoms with van der Waals surface area (Å²) in [6.45, 7) is 4.19. The Morgan fingerprint density at radius 3 is 2.92 bits per heavy atom. The van der Waals surface area contributed by atoms with Crippen molar-refractivity contribution in [3.8, 4) is 11.1 Å².